The molecule has 2 aliphatic rings. The fourth-order valence-corrected chi connectivity index (χ4v) is 11.9. The zero-order chi connectivity index (χ0) is 42.6. The predicted octanol–water partition coefficient (Wildman–Crippen LogP) is 14.9. The third kappa shape index (κ3) is 4.18. The number of aromatic nitrogens is 1. The second kappa shape index (κ2) is 11.5. The molecular weight excluding hydrogens is 799 g/mol. The van der Waals surface area contributed by atoms with Crippen molar-refractivity contribution in [1.29, 1.82) is 0 Å². The number of hydrogen-bond donors (Lipinski definition) is 0. The standard InChI is InChI=1S/C58H35BN2O4/c1-58(2,3)30-20-22-31(23-21-30)61-42-29-49-37(33-13-5-8-16-44(33)63-49)26-39(42)51-54-55-53(50-36-15-7-11-19-47(36)65-57(50)51)52-41(25-24-35-32-12-4-10-18-46(32)64-56(35)52)60(55)43-27-38-34-14-6-9-17-45(34)62-48(38)28-40(43)59(54)61/h4-29H,1-3H3. The SMILES string of the molecule is CC(C)(C)c1ccc(N2B3c4cc5oc6ccccc6c5cc4-n4c5ccc6c7ccccc7oc6c5c5c6c(oc7ccccc76)c(c3c54)-c3cc4c(cc32)oc2ccccc24)cc1. The second-order valence-electron chi connectivity index (χ2n) is 19.1. The van der Waals surface area contributed by atoms with Gasteiger partial charge in [-0.25, -0.2) is 0 Å². The Balaban J connectivity index is 1.18. The normalized spacial score (nSPS) is 13.7. The van der Waals surface area contributed by atoms with Crippen LogP contribution in [0.1, 0.15) is 26.3 Å². The number of anilines is 2. The molecule has 2 aliphatic heterocycles. The second-order valence-corrected chi connectivity index (χ2v) is 19.1. The third-order valence-electron chi connectivity index (χ3n) is 14.7. The molecule has 304 valence electrons. The molecule has 7 heterocycles. The van der Waals surface area contributed by atoms with E-state index in [4.69, 9.17) is 17.7 Å². The Morgan fingerprint density at radius 3 is 1.72 bits per heavy atom. The molecule has 0 aliphatic carbocycles. The minimum atomic E-state index is -0.296. The van der Waals surface area contributed by atoms with Gasteiger partial charge in [0.1, 0.15) is 44.7 Å². The van der Waals surface area contributed by atoms with Crippen LogP contribution in [0.5, 0.6) is 0 Å². The quantitative estimate of drug-likeness (QED) is 0.154. The first kappa shape index (κ1) is 34.3. The molecule has 7 heteroatoms. The van der Waals surface area contributed by atoms with Crippen LogP contribution in [0.15, 0.2) is 175 Å². The summed E-state index contributed by atoms with van der Waals surface area (Å²) in [5, 5.41) is 10.9. The Morgan fingerprint density at radius 1 is 0.446 bits per heavy atom. The van der Waals surface area contributed by atoms with Gasteiger partial charge in [0.15, 0.2) is 0 Å². The summed E-state index contributed by atoms with van der Waals surface area (Å²) >= 11 is 0. The molecule has 14 aromatic rings. The highest BCUT2D eigenvalue weighted by molar-refractivity contribution is 6.94. The van der Waals surface area contributed by atoms with Gasteiger partial charge in [-0.3, -0.25) is 0 Å². The molecule has 0 fully saturated rings. The van der Waals surface area contributed by atoms with Crippen molar-refractivity contribution >= 4 is 139 Å². The van der Waals surface area contributed by atoms with Crippen LogP contribution in [-0.4, -0.2) is 11.4 Å². The van der Waals surface area contributed by atoms with Gasteiger partial charge < -0.3 is 27.0 Å². The summed E-state index contributed by atoms with van der Waals surface area (Å²) in [6.07, 6.45) is 0. The van der Waals surface area contributed by atoms with Crippen molar-refractivity contribution in [3.63, 3.8) is 0 Å². The minimum absolute atomic E-state index is 0.0162. The number of furan rings is 4. The largest absolute Gasteiger partial charge is 0.456 e. The Labute approximate surface area is 370 Å². The van der Waals surface area contributed by atoms with E-state index in [-0.39, 0.29) is 12.3 Å². The lowest BCUT2D eigenvalue weighted by molar-refractivity contribution is 0.590. The van der Waals surface area contributed by atoms with Gasteiger partial charge in [0.05, 0.1) is 16.4 Å². The van der Waals surface area contributed by atoms with Gasteiger partial charge in [-0.1, -0.05) is 106 Å². The molecule has 0 amide bonds. The fourth-order valence-electron chi connectivity index (χ4n) is 11.9. The number of benzene rings is 9. The van der Waals surface area contributed by atoms with E-state index in [0.717, 1.165) is 143 Å². The van der Waals surface area contributed by atoms with E-state index in [1.165, 1.54) is 11.0 Å². The molecule has 9 aromatic carbocycles. The number of nitrogens with zero attached hydrogens (tertiary/aromatic N) is 2. The van der Waals surface area contributed by atoms with E-state index in [0.29, 0.717) is 0 Å². The third-order valence-corrected chi connectivity index (χ3v) is 14.7. The Morgan fingerprint density at radius 2 is 1.03 bits per heavy atom. The van der Waals surface area contributed by atoms with Crippen molar-refractivity contribution in [2.24, 2.45) is 0 Å². The Hall–Kier alpha value is -8.16. The van der Waals surface area contributed by atoms with Crippen LogP contribution in [0.2, 0.25) is 0 Å². The highest BCUT2D eigenvalue weighted by atomic mass is 16.3. The van der Waals surface area contributed by atoms with Crippen LogP contribution < -0.4 is 15.7 Å². The summed E-state index contributed by atoms with van der Waals surface area (Å²) in [6.45, 7) is 6.53. The number of para-hydroxylation sites is 4. The lowest BCUT2D eigenvalue weighted by atomic mass is 9.43. The van der Waals surface area contributed by atoms with E-state index in [1.807, 2.05) is 12.1 Å². The molecule has 0 unspecified atom stereocenters. The van der Waals surface area contributed by atoms with Crippen molar-refractivity contribution < 1.29 is 17.7 Å². The molecule has 0 N–H and O–H groups in total. The molecule has 16 rings (SSSR count). The first-order chi connectivity index (χ1) is 31.9. The van der Waals surface area contributed by atoms with E-state index < -0.39 is 0 Å². The molecule has 5 aromatic heterocycles. The molecule has 0 bridgehead atoms. The average Bonchev–Trinajstić information content (AvgIpc) is 4.14. The summed E-state index contributed by atoms with van der Waals surface area (Å²) in [6, 6.07) is 56.7. The molecule has 0 spiro atoms. The topological polar surface area (TPSA) is 60.7 Å². The fraction of sp³-hybridized carbons (Fsp3) is 0.0690. The maximum absolute atomic E-state index is 7.29. The molecule has 65 heavy (non-hydrogen) atoms. The summed E-state index contributed by atoms with van der Waals surface area (Å²) in [4.78, 5) is 2.55. The molecule has 0 saturated heterocycles. The average molecular weight is 835 g/mol. The molecular formula is C58H35BN2O4. The predicted molar refractivity (Wildman–Crippen MR) is 268 cm³/mol. The van der Waals surface area contributed by atoms with E-state index in [9.17, 15) is 0 Å². The van der Waals surface area contributed by atoms with Gasteiger partial charge in [0, 0.05) is 82.7 Å². The van der Waals surface area contributed by atoms with E-state index in [2.05, 4.69) is 176 Å². The highest BCUT2D eigenvalue weighted by Crippen LogP contribution is 2.54. The number of hydrogen-bond acceptors (Lipinski definition) is 5. The van der Waals surface area contributed by atoms with Gasteiger partial charge in [-0.2, -0.15) is 0 Å². The monoisotopic (exact) mass is 834 g/mol. The molecule has 0 radical (unpaired) electrons. The van der Waals surface area contributed by atoms with Gasteiger partial charge >= 0.3 is 6.85 Å². The first-order valence-corrected chi connectivity index (χ1v) is 22.4. The smallest absolute Gasteiger partial charge is 0.333 e. The van der Waals surface area contributed by atoms with Crippen molar-refractivity contribution in [3.05, 3.63) is 163 Å². The summed E-state index contributed by atoms with van der Waals surface area (Å²) in [7, 11) is 0. The highest BCUT2D eigenvalue weighted by Gasteiger charge is 2.47. The maximum atomic E-state index is 7.29. The van der Waals surface area contributed by atoms with Crippen LogP contribution in [0.25, 0.3) is 126 Å². The van der Waals surface area contributed by atoms with Crippen LogP contribution in [0, 0.1) is 0 Å². The summed E-state index contributed by atoms with van der Waals surface area (Å²) in [5.41, 5.74) is 18.2. The van der Waals surface area contributed by atoms with Gasteiger partial charge in [0.25, 0.3) is 0 Å². The Kier molecular flexibility index (Phi) is 6.08. The molecule has 6 nitrogen and oxygen atoms in total. The van der Waals surface area contributed by atoms with E-state index >= 15 is 0 Å². The number of fused-ring (bicyclic) bond motifs is 23. The molecule has 0 atom stereocenters. The van der Waals surface area contributed by atoms with Crippen molar-refractivity contribution in [2.75, 3.05) is 4.81 Å². The summed E-state index contributed by atoms with van der Waals surface area (Å²) in [5.74, 6) is 0. The lowest BCUT2D eigenvalue weighted by Gasteiger charge is -2.42. The van der Waals surface area contributed by atoms with Crippen LogP contribution >= 0.6 is 0 Å². The zero-order valence-electron chi connectivity index (χ0n) is 35.6. The zero-order valence-corrected chi connectivity index (χ0v) is 35.6. The van der Waals surface area contributed by atoms with Crippen LogP contribution in [-0.2, 0) is 5.41 Å². The lowest BCUT2D eigenvalue weighted by Crippen LogP contribution is -2.60. The first-order valence-electron chi connectivity index (χ1n) is 22.4. The van der Waals surface area contributed by atoms with Gasteiger partial charge in [0.2, 0.25) is 0 Å². The minimum Gasteiger partial charge on any atom is -0.456 e. The van der Waals surface area contributed by atoms with Crippen molar-refractivity contribution in [3.8, 4) is 16.8 Å². The molecule has 0 saturated carbocycles. The Bertz CT molecular complexity index is 4470. The van der Waals surface area contributed by atoms with E-state index in [1.54, 1.807) is 0 Å². The number of rotatable bonds is 1. The summed E-state index contributed by atoms with van der Waals surface area (Å²) < 4.78 is 30.3. The van der Waals surface area contributed by atoms with Gasteiger partial charge in [-0.05, 0) is 88.6 Å². The van der Waals surface area contributed by atoms with Crippen molar-refractivity contribution in [1.82, 2.24) is 4.57 Å². The maximum Gasteiger partial charge on any atom is 0.333 e. The van der Waals surface area contributed by atoms with Crippen molar-refractivity contribution in [2.45, 2.75) is 26.2 Å². The van der Waals surface area contributed by atoms with Crippen LogP contribution in [0.3, 0.4) is 0 Å². The van der Waals surface area contributed by atoms with Gasteiger partial charge in [-0.15, -0.1) is 0 Å². The van der Waals surface area contributed by atoms with Crippen LogP contribution in [0.4, 0.5) is 11.4 Å².